The zero-order valence-corrected chi connectivity index (χ0v) is 14.6. The number of nitrogens with zero attached hydrogens (tertiary/aromatic N) is 4. The number of ether oxygens (including phenoxy) is 1. The fraction of sp³-hybridized carbons (Fsp3) is 0.438. The van der Waals surface area contributed by atoms with Crippen LogP contribution in [-0.2, 0) is 4.74 Å². The molecule has 0 bridgehead atoms. The van der Waals surface area contributed by atoms with Gasteiger partial charge in [0.2, 0.25) is 0 Å². The van der Waals surface area contributed by atoms with Crippen molar-refractivity contribution in [3.8, 4) is 5.13 Å². The first-order chi connectivity index (χ1) is 11.6. The van der Waals surface area contributed by atoms with Gasteiger partial charge >= 0.3 is 6.09 Å². The monoisotopic (exact) mass is 348 g/mol. The summed E-state index contributed by atoms with van der Waals surface area (Å²) in [4.78, 5) is 33.0. The number of carbonyl (C=O) groups is 2. The van der Waals surface area contributed by atoms with Gasteiger partial charge in [0.25, 0.3) is 5.91 Å². The van der Waals surface area contributed by atoms with Gasteiger partial charge in [-0.05, 0) is 26.0 Å². The minimum absolute atomic E-state index is 0.0214. The van der Waals surface area contributed by atoms with Crippen LogP contribution in [0, 0.1) is 6.92 Å². The van der Waals surface area contributed by atoms with E-state index >= 15 is 0 Å². The SMILES string of the molecule is CCOC(=O)N1CCN(C(=O)c2sc(-n3cccc3)nc2C)CC1. The van der Waals surface area contributed by atoms with Crippen LogP contribution in [0.2, 0.25) is 0 Å². The topological polar surface area (TPSA) is 67.7 Å². The molecule has 3 rings (SSSR count). The molecular formula is C16H20N4O3S. The Morgan fingerprint density at radius 3 is 2.42 bits per heavy atom. The van der Waals surface area contributed by atoms with E-state index < -0.39 is 0 Å². The Morgan fingerprint density at radius 2 is 1.79 bits per heavy atom. The van der Waals surface area contributed by atoms with Crippen LogP contribution in [0.3, 0.4) is 0 Å². The fourth-order valence-electron chi connectivity index (χ4n) is 2.60. The van der Waals surface area contributed by atoms with Crippen LogP contribution in [0.15, 0.2) is 24.5 Å². The predicted octanol–water partition coefficient (Wildman–Crippen LogP) is 2.16. The number of carbonyl (C=O) groups excluding carboxylic acids is 2. The summed E-state index contributed by atoms with van der Waals surface area (Å²) in [6, 6.07) is 3.85. The molecule has 7 nitrogen and oxygen atoms in total. The first kappa shape index (κ1) is 16.5. The maximum Gasteiger partial charge on any atom is 0.409 e. The summed E-state index contributed by atoms with van der Waals surface area (Å²) in [6.07, 6.45) is 3.50. The van der Waals surface area contributed by atoms with Crippen molar-refractivity contribution in [3.05, 3.63) is 35.1 Å². The van der Waals surface area contributed by atoms with Crippen molar-refractivity contribution in [3.63, 3.8) is 0 Å². The quantitative estimate of drug-likeness (QED) is 0.852. The molecule has 3 heterocycles. The summed E-state index contributed by atoms with van der Waals surface area (Å²) in [6.45, 7) is 6.00. The molecule has 0 N–H and O–H groups in total. The molecule has 0 aliphatic carbocycles. The Balaban J connectivity index is 1.67. The largest absolute Gasteiger partial charge is 0.450 e. The van der Waals surface area contributed by atoms with Gasteiger partial charge in [-0.1, -0.05) is 11.3 Å². The first-order valence-corrected chi connectivity index (χ1v) is 8.73. The third-order valence-corrected chi connectivity index (χ3v) is 5.06. The number of hydrogen-bond acceptors (Lipinski definition) is 5. The summed E-state index contributed by atoms with van der Waals surface area (Å²) in [7, 11) is 0. The first-order valence-electron chi connectivity index (χ1n) is 7.92. The summed E-state index contributed by atoms with van der Waals surface area (Å²) < 4.78 is 6.89. The number of hydrogen-bond donors (Lipinski definition) is 0. The van der Waals surface area contributed by atoms with Gasteiger partial charge in [-0.15, -0.1) is 0 Å². The standard InChI is InChI=1S/C16H20N4O3S/c1-3-23-16(22)20-10-8-18(9-11-20)14(21)13-12(2)17-15(24-13)19-6-4-5-7-19/h4-7H,3,8-11H2,1-2H3. The normalized spacial score (nSPS) is 14.8. The van der Waals surface area contributed by atoms with Gasteiger partial charge in [0, 0.05) is 38.6 Å². The highest BCUT2D eigenvalue weighted by Crippen LogP contribution is 2.23. The third-order valence-electron chi connectivity index (χ3n) is 3.90. The zero-order chi connectivity index (χ0) is 17.1. The molecule has 2 amide bonds. The molecule has 1 saturated heterocycles. The molecule has 0 atom stereocenters. The van der Waals surface area contributed by atoms with Crippen molar-refractivity contribution in [2.24, 2.45) is 0 Å². The Labute approximate surface area is 144 Å². The molecule has 2 aromatic heterocycles. The van der Waals surface area contributed by atoms with Crippen LogP contribution < -0.4 is 0 Å². The van der Waals surface area contributed by atoms with E-state index in [1.807, 2.05) is 36.0 Å². The Kier molecular flexibility index (Phi) is 4.84. The van der Waals surface area contributed by atoms with E-state index in [4.69, 9.17) is 4.74 Å². The lowest BCUT2D eigenvalue weighted by Crippen LogP contribution is -2.50. The highest BCUT2D eigenvalue weighted by molar-refractivity contribution is 7.16. The molecule has 8 heteroatoms. The van der Waals surface area contributed by atoms with Crippen LogP contribution >= 0.6 is 11.3 Å². The van der Waals surface area contributed by atoms with Gasteiger partial charge in [-0.2, -0.15) is 0 Å². The Bertz CT molecular complexity index is 718. The summed E-state index contributed by atoms with van der Waals surface area (Å²) in [5.74, 6) is -0.0214. The van der Waals surface area contributed by atoms with Crippen molar-refractivity contribution >= 4 is 23.3 Å². The summed E-state index contributed by atoms with van der Waals surface area (Å²) in [5.41, 5.74) is 0.738. The molecular weight excluding hydrogens is 328 g/mol. The second-order valence-corrected chi connectivity index (χ2v) is 6.46. The number of piperazine rings is 1. The molecule has 2 aromatic rings. The molecule has 1 fully saturated rings. The lowest BCUT2D eigenvalue weighted by atomic mass is 10.3. The van der Waals surface area contributed by atoms with E-state index in [0.29, 0.717) is 37.7 Å². The predicted molar refractivity (Wildman–Crippen MR) is 90.7 cm³/mol. The number of amides is 2. The van der Waals surface area contributed by atoms with Crippen LogP contribution in [0.1, 0.15) is 22.3 Å². The van der Waals surface area contributed by atoms with Crippen LogP contribution in [0.4, 0.5) is 4.79 Å². The van der Waals surface area contributed by atoms with Gasteiger partial charge < -0.3 is 19.1 Å². The fourth-order valence-corrected chi connectivity index (χ4v) is 3.61. The minimum atomic E-state index is -0.312. The lowest BCUT2D eigenvalue weighted by molar-refractivity contribution is 0.0573. The van der Waals surface area contributed by atoms with Crippen molar-refractivity contribution < 1.29 is 14.3 Å². The van der Waals surface area contributed by atoms with Crippen molar-refractivity contribution in [2.45, 2.75) is 13.8 Å². The van der Waals surface area contributed by atoms with E-state index in [0.717, 1.165) is 10.8 Å². The zero-order valence-electron chi connectivity index (χ0n) is 13.8. The maximum atomic E-state index is 12.8. The molecule has 0 aromatic carbocycles. The smallest absolute Gasteiger partial charge is 0.409 e. The molecule has 0 spiro atoms. The number of rotatable bonds is 3. The van der Waals surface area contributed by atoms with E-state index in [1.54, 1.807) is 16.7 Å². The van der Waals surface area contributed by atoms with Crippen LogP contribution in [0.25, 0.3) is 5.13 Å². The minimum Gasteiger partial charge on any atom is -0.450 e. The highest BCUT2D eigenvalue weighted by Gasteiger charge is 2.27. The average Bonchev–Trinajstić information content (AvgIpc) is 3.24. The van der Waals surface area contributed by atoms with Gasteiger partial charge in [0.05, 0.1) is 12.3 Å². The van der Waals surface area contributed by atoms with Crippen molar-refractivity contribution in [1.29, 1.82) is 0 Å². The maximum absolute atomic E-state index is 12.8. The second-order valence-electron chi connectivity index (χ2n) is 5.48. The van der Waals surface area contributed by atoms with Gasteiger partial charge in [-0.3, -0.25) is 4.79 Å². The summed E-state index contributed by atoms with van der Waals surface area (Å²) in [5, 5.41) is 0.783. The van der Waals surface area contributed by atoms with Crippen LogP contribution in [0.5, 0.6) is 0 Å². The van der Waals surface area contributed by atoms with Gasteiger partial charge in [0.15, 0.2) is 5.13 Å². The van der Waals surface area contributed by atoms with Gasteiger partial charge in [-0.25, -0.2) is 9.78 Å². The summed E-state index contributed by atoms with van der Waals surface area (Å²) >= 11 is 1.39. The number of aryl methyl sites for hydroxylation is 1. The van der Waals surface area contributed by atoms with Crippen LogP contribution in [-0.4, -0.2) is 64.1 Å². The van der Waals surface area contributed by atoms with Gasteiger partial charge in [0.1, 0.15) is 4.88 Å². The molecule has 0 saturated carbocycles. The molecule has 1 aliphatic rings. The molecule has 1 aliphatic heterocycles. The van der Waals surface area contributed by atoms with E-state index in [1.165, 1.54) is 11.3 Å². The van der Waals surface area contributed by atoms with E-state index in [-0.39, 0.29) is 12.0 Å². The second kappa shape index (κ2) is 7.04. The molecule has 0 radical (unpaired) electrons. The van der Waals surface area contributed by atoms with E-state index in [9.17, 15) is 9.59 Å². The average molecular weight is 348 g/mol. The molecule has 0 unspecified atom stereocenters. The Morgan fingerprint density at radius 1 is 1.17 bits per heavy atom. The van der Waals surface area contributed by atoms with Crippen molar-refractivity contribution in [2.75, 3.05) is 32.8 Å². The number of aromatic nitrogens is 2. The highest BCUT2D eigenvalue weighted by atomic mass is 32.1. The Hall–Kier alpha value is -2.35. The number of thiazole rings is 1. The van der Waals surface area contributed by atoms with Crippen molar-refractivity contribution in [1.82, 2.24) is 19.4 Å². The third kappa shape index (κ3) is 3.28. The lowest BCUT2D eigenvalue weighted by Gasteiger charge is -2.33. The molecule has 24 heavy (non-hydrogen) atoms. The van der Waals surface area contributed by atoms with E-state index in [2.05, 4.69) is 4.98 Å². The molecule has 128 valence electrons.